The number of carbonyl (C=O) groups excluding carboxylic acids is 2. The van der Waals surface area contributed by atoms with Gasteiger partial charge >= 0.3 is 0 Å². The number of benzene rings is 3. The fourth-order valence-electron chi connectivity index (χ4n) is 5.19. The van der Waals surface area contributed by atoms with Crippen LogP contribution in [0.2, 0.25) is 15.1 Å². The highest BCUT2D eigenvalue weighted by Crippen LogP contribution is 2.31. The summed E-state index contributed by atoms with van der Waals surface area (Å²) in [6, 6.07) is 18.5. The summed E-state index contributed by atoms with van der Waals surface area (Å²) in [5, 5.41) is 3.97. The summed E-state index contributed by atoms with van der Waals surface area (Å²) in [7, 11) is -4.20. The molecule has 1 aliphatic rings. The number of sulfonamides is 1. The number of hydrogen-bond donors (Lipinski definition) is 1. The van der Waals surface area contributed by atoms with Gasteiger partial charge in [0.1, 0.15) is 12.6 Å². The quantitative estimate of drug-likeness (QED) is 0.240. The molecule has 0 unspecified atom stereocenters. The molecule has 224 valence electrons. The predicted octanol–water partition coefficient (Wildman–Crippen LogP) is 7.10. The Balaban J connectivity index is 1.72. The minimum atomic E-state index is -4.20. The van der Waals surface area contributed by atoms with Crippen LogP contribution in [0.3, 0.4) is 0 Å². The molecule has 0 spiro atoms. The van der Waals surface area contributed by atoms with E-state index in [1.165, 1.54) is 17.0 Å². The Morgan fingerprint density at radius 2 is 1.55 bits per heavy atom. The smallest absolute Gasteiger partial charge is 0.264 e. The fraction of sp³-hybridized carbons (Fsp3) is 0.355. The van der Waals surface area contributed by atoms with E-state index in [-0.39, 0.29) is 34.1 Å². The largest absolute Gasteiger partial charge is 0.352 e. The van der Waals surface area contributed by atoms with E-state index in [9.17, 15) is 18.0 Å². The van der Waals surface area contributed by atoms with Gasteiger partial charge in [-0.3, -0.25) is 13.9 Å². The topological polar surface area (TPSA) is 86.8 Å². The van der Waals surface area contributed by atoms with E-state index in [0.29, 0.717) is 22.0 Å². The summed E-state index contributed by atoms with van der Waals surface area (Å²) < 4.78 is 28.8. The second-order valence-electron chi connectivity index (χ2n) is 10.3. The van der Waals surface area contributed by atoms with E-state index in [0.717, 1.165) is 36.4 Å². The van der Waals surface area contributed by atoms with Crippen LogP contribution in [-0.2, 0) is 26.2 Å². The average molecular weight is 651 g/mol. The van der Waals surface area contributed by atoms with Gasteiger partial charge < -0.3 is 10.2 Å². The molecule has 0 aliphatic heterocycles. The molecule has 2 amide bonds. The van der Waals surface area contributed by atoms with E-state index in [1.54, 1.807) is 60.7 Å². The zero-order valence-electron chi connectivity index (χ0n) is 23.3. The minimum Gasteiger partial charge on any atom is -0.352 e. The maximum absolute atomic E-state index is 14.2. The molecule has 0 heterocycles. The van der Waals surface area contributed by atoms with Crippen molar-refractivity contribution in [2.75, 3.05) is 10.8 Å². The Morgan fingerprint density at radius 1 is 0.881 bits per heavy atom. The van der Waals surface area contributed by atoms with Crippen LogP contribution >= 0.6 is 34.8 Å². The first-order valence-corrected chi connectivity index (χ1v) is 16.5. The molecule has 7 nitrogen and oxygen atoms in total. The molecule has 3 aromatic carbocycles. The highest BCUT2D eigenvalue weighted by molar-refractivity contribution is 7.92. The van der Waals surface area contributed by atoms with Crippen LogP contribution in [0.4, 0.5) is 5.69 Å². The molecule has 4 rings (SSSR count). The van der Waals surface area contributed by atoms with Gasteiger partial charge in [-0.2, -0.15) is 0 Å². The molecule has 0 saturated heterocycles. The van der Waals surface area contributed by atoms with Crippen molar-refractivity contribution in [1.82, 2.24) is 10.2 Å². The van der Waals surface area contributed by atoms with Gasteiger partial charge in [0.2, 0.25) is 11.8 Å². The number of para-hydroxylation sites is 1. The van der Waals surface area contributed by atoms with Crippen molar-refractivity contribution in [2.24, 2.45) is 0 Å². The highest BCUT2D eigenvalue weighted by atomic mass is 35.5. The summed E-state index contributed by atoms with van der Waals surface area (Å²) in [5.41, 5.74) is 0.808. The lowest BCUT2D eigenvalue weighted by atomic mass is 9.95. The van der Waals surface area contributed by atoms with E-state index in [1.807, 2.05) is 6.92 Å². The zero-order chi connectivity index (χ0) is 30.3. The van der Waals surface area contributed by atoms with Crippen molar-refractivity contribution in [3.63, 3.8) is 0 Å². The lowest BCUT2D eigenvalue weighted by Crippen LogP contribution is -2.54. The molecular weight excluding hydrogens is 617 g/mol. The maximum atomic E-state index is 14.2. The first-order valence-electron chi connectivity index (χ1n) is 14.0. The Hall–Kier alpha value is -2.78. The molecule has 1 saturated carbocycles. The normalized spacial score (nSPS) is 14.7. The first-order chi connectivity index (χ1) is 20.1. The van der Waals surface area contributed by atoms with Crippen LogP contribution in [0.15, 0.2) is 77.7 Å². The van der Waals surface area contributed by atoms with Crippen molar-refractivity contribution < 1.29 is 18.0 Å². The number of nitrogens with zero attached hydrogens (tertiary/aromatic N) is 2. The lowest BCUT2D eigenvalue weighted by molar-refractivity contribution is -0.140. The van der Waals surface area contributed by atoms with Crippen LogP contribution < -0.4 is 9.62 Å². The standard InChI is InChI=1S/C31H34Cl3N3O4S/c1-2-28(31(39)35-23-11-5-3-6-12-23)36(20-22-17-18-25(32)27(34)19-22)30(38)21-37(29-16-10-9-15-26(29)33)42(40,41)24-13-7-4-8-14-24/h4,7-10,13-19,23,28H,2-3,5-6,11-12,20-21H2,1H3,(H,35,39)/t28-/m0/s1. The number of halogens is 3. The summed E-state index contributed by atoms with van der Waals surface area (Å²) in [6.45, 7) is 1.27. The molecule has 1 N–H and O–H groups in total. The van der Waals surface area contributed by atoms with E-state index >= 15 is 0 Å². The number of rotatable bonds is 11. The lowest BCUT2D eigenvalue weighted by Gasteiger charge is -2.34. The van der Waals surface area contributed by atoms with Crippen LogP contribution in [-0.4, -0.2) is 43.8 Å². The van der Waals surface area contributed by atoms with Gasteiger partial charge in [-0.25, -0.2) is 8.42 Å². The van der Waals surface area contributed by atoms with Gasteiger partial charge in [0.05, 0.1) is 25.7 Å². The van der Waals surface area contributed by atoms with Gasteiger partial charge in [0, 0.05) is 12.6 Å². The maximum Gasteiger partial charge on any atom is 0.264 e. The molecule has 1 fully saturated rings. The third kappa shape index (κ3) is 7.78. The minimum absolute atomic E-state index is 0.0100. The Morgan fingerprint density at radius 3 is 2.19 bits per heavy atom. The number of anilines is 1. The van der Waals surface area contributed by atoms with Crippen LogP contribution in [0, 0.1) is 0 Å². The summed E-state index contributed by atoms with van der Waals surface area (Å²) in [5.74, 6) is -0.834. The molecule has 42 heavy (non-hydrogen) atoms. The van der Waals surface area contributed by atoms with E-state index in [4.69, 9.17) is 34.8 Å². The number of hydrogen-bond acceptors (Lipinski definition) is 4. The van der Waals surface area contributed by atoms with Crippen molar-refractivity contribution in [2.45, 2.75) is 69.0 Å². The molecule has 0 aromatic heterocycles. The number of nitrogens with one attached hydrogen (secondary N) is 1. The molecule has 0 radical (unpaired) electrons. The number of amides is 2. The van der Waals surface area contributed by atoms with Crippen LogP contribution in [0.1, 0.15) is 51.0 Å². The second kappa shape index (κ2) is 14.6. The Bertz CT molecular complexity index is 1500. The fourth-order valence-corrected chi connectivity index (χ4v) is 7.25. The van der Waals surface area contributed by atoms with Gasteiger partial charge in [0.25, 0.3) is 10.0 Å². The molecule has 1 atom stereocenters. The van der Waals surface area contributed by atoms with Crippen molar-refractivity contribution in [1.29, 1.82) is 0 Å². The molecular formula is C31H34Cl3N3O4S. The first kappa shape index (κ1) is 32.1. The van der Waals surface area contributed by atoms with Crippen LogP contribution in [0.5, 0.6) is 0 Å². The van der Waals surface area contributed by atoms with Crippen molar-refractivity contribution in [3.8, 4) is 0 Å². The average Bonchev–Trinajstić information content (AvgIpc) is 2.99. The van der Waals surface area contributed by atoms with Gasteiger partial charge in [0.15, 0.2) is 0 Å². The predicted molar refractivity (Wildman–Crippen MR) is 169 cm³/mol. The summed E-state index contributed by atoms with van der Waals surface area (Å²) in [6.07, 6.45) is 5.31. The van der Waals surface area contributed by atoms with Crippen molar-refractivity contribution >= 4 is 62.3 Å². The van der Waals surface area contributed by atoms with Crippen LogP contribution in [0.25, 0.3) is 0 Å². The Labute approximate surface area is 262 Å². The van der Waals surface area contributed by atoms with Crippen molar-refractivity contribution in [3.05, 3.63) is 93.4 Å². The molecule has 0 bridgehead atoms. The summed E-state index contributed by atoms with van der Waals surface area (Å²) in [4.78, 5) is 29.3. The highest BCUT2D eigenvalue weighted by Gasteiger charge is 2.35. The monoisotopic (exact) mass is 649 g/mol. The zero-order valence-corrected chi connectivity index (χ0v) is 26.4. The second-order valence-corrected chi connectivity index (χ2v) is 13.4. The molecule has 3 aromatic rings. The SMILES string of the molecule is CC[C@@H](C(=O)NC1CCCCC1)N(Cc1ccc(Cl)c(Cl)c1)C(=O)CN(c1ccccc1Cl)S(=O)(=O)c1ccccc1. The molecule has 1 aliphatic carbocycles. The van der Waals surface area contributed by atoms with Gasteiger partial charge in [-0.1, -0.05) is 97.4 Å². The third-order valence-electron chi connectivity index (χ3n) is 7.41. The third-order valence-corrected chi connectivity index (χ3v) is 10.2. The van der Waals surface area contributed by atoms with E-state index in [2.05, 4.69) is 5.32 Å². The Kier molecular flexibility index (Phi) is 11.2. The van der Waals surface area contributed by atoms with Gasteiger partial charge in [-0.15, -0.1) is 0 Å². The molecule has 11 heteroatoms. The van der Waals surface area contributed by atoms with E-state index < -0.39 is 28.5 Å². The summed E-state index contributed by atoms with van der Waals surface area (Å²) >= 11 is 18.9. The van der Waals surface area contributed by atoms with Gasteiger partial charge in [-0.05, 0) is 61.2 Å². The number of carbonyl (C=O) groups is 2.